The number of aliphatic hydroxyl groups is 2. The molecule has 0 aromatic carbocycles. The highest BCUT2D eigenvalue weighted by Crippen LogP contribution is 2.15. The second-order valence-corrected chi connectivity index (χ2v) is 3.64. The van der Waals surface area contributed by atoms with E-state index >= 15 is 0 Å². The van der Waals surface area contributed by atoms with Crippen LogP contribution in [0.2, 0.25) is 0 Å². The Morgan fingerprint density at radius 2 is 1.90 bits per heavy atom. The van der Waals surface area contributed by atoms with Crippen molar-refractivity contribution >= 4 is 10.1 Å². The molecule has 0 aliphatic rings. The molecule has 0 radical (unpaired) electrons. The van der Waals surface area contributed by atoms with Gasteiger partial charge in [0.05, 0.1) is 6.61 Å². The van der Waals surface area contributed by atoms with Crippen molar-refractivity contribution < 1.29 is 23.2 Å². The summed E-state index contributed by atoms with van der Waals surface area (Å²) in [7, 11) is -4.56. The lowest BCUT2D eigenvalue weighted by Gasteiger charge is -2.19. The van der Waals surface area contributed by atoms with Gasteiger partial charge in [-0.25, -0.2) is 0 Å². The fourth-order valence-corrected chi connectivity index (χ4v) is 0.904. The van der Waals surface area contributed by atoms with Crippen LogP contribution in [0.1, 0.15) is 13.3 Å². The van der Waals surface area contributed by atoms with E-state index in [9.17, 15) is 8.42 Å². The Morgan fingerprint density at radius 3 is 1.90 bits per heavy atom. The lowest BCUT2D eigenvalue weighted by molar-refractivity contribution is 0.0452. The Kier molecular flexibility index (Phi) is 2.78. The quantitative estimate of drug-likeness (QED) is 0.470. The smallest absolute Gasteiger partial charge is 0.297 e. The van der Waals surface area contributed by atoms with E-state index in [0.29, 0.717) is 0 Å². The molecule has 0 saturated heterocycles. The maximum atomic E-state index is 10.3. The molecular weight excluding hydrogens is 160 g/mol. The minimum atomic E-state index is -4.56. The van der Waals surface area contributed by atoms with Crippen LogP contribution in [0.4, 0.5) is 0 Å². The van der Waals surface area contributed by atoms with Crippen LogP contribution in [0.5, 0.6) is 0 Å². The number of hydrogen-bond donors (Lipinski definition) is 3. The average Bonchev–Trinajstić information content (AvgIpc) is 1.84. The Balaban J connectivity index is 4.68. The molecule has 10 heavy (non-hydrogen) atoms. The summed E-state index contributed by atoms with van der Waals surface area (Å²) in [6.07, 6.45) is -0.248. The van der Waals surface area contributed by atoms with E-state index in [0.717, 1.165) is 0 Å². The van der Waals surface area contributed by atoms with Crippen LogP contribution in [0.15, 0.2) is 0 Å². The molecule has 1 atom stereocenters. The molecule has 0 saturated carbocycles. The lowest BCUT2D eigenvalue weighted by Crippen LogP contribution is -2.41. The van der Waals surface area contributed by atoms with Crippen molar-refractivity contribution in [3.8, 4) is 0 Å². The van der Waals surface area contributed by atoms with Crippen LogP contribution in [0, 0.1) is 0 Å². The summed E-state index contributed by atoms with van der Waals surface area (Å²) in [5.74, 6) is 0. The van der Waals surface area contributed by atoms with Gasteiger partial charge in [0.15, 0.2) is 0 Å². The highest BCUT2D eigenvalue weighted by molar-refractivity contribution is 7.87. The largest absolute Gasteiger partial charge is 0.392 e. The minimum Gasteiger partial charge on any atom is -0.392 e. The number of aliphatic hydroxyl groups excluding tert-OH is 1. The standard InChI is InChI=1S/C4H10O5S/c1-2-4(6,3-5)10(7,8)9/h5-6H,2-3H2,1H3,(H,7,8,9). The highest BCUT2D eigenvalue weighted by Gasteiger charge is 2.38. The Hall–Kier alpha value is -0.170. The summed E-state index contributed by atoms with van der Waals surface area (Å²) < 4.78 is 28.8. The molecular formula is C4H10O5S. The van der Waals surface area contributed by atoms with Crippen LogP contribution in [0.25, 0.3) is 0 Å². The van der Waals surface area contributed by atoms with E-state index in [2.05, 4.69) is 0 Å². The molecule has 0 fully saturated rings. The third kappa shape index (κ3) is 1.66. The van der Waals surface area contributed by atoms with Gasteiger partial charge in [0.25, 0.3) is 10.1 Å². The maximum Gasteiger partial charge on any atom is 0.297 e. The zero-order valence-electron chi connectivity index (χ0n) is 5.48. The van der Waals surface area contributed by atoms with E-state index in [1.807, 2.05) is 0 Å². The molecule has 5 nitrogen and oxygen atoms in total. The average molecular weight is 170 g/mol. The molecule has 0 bridgehead atoms. The summed E-state index contributed by atoms with van der Waals surface area (Å²) in [5, 5.41) is 17.2. The van der Waals surface area contributed by atoms with Crippen molar-refractivity contribution in [3.05, 3.63) is 0 Å². The molecule has 0 rings (SSSR count). The zero-order valence-corrected chi connectivity index (χ0v) is 6.30. The van der Waals surface area contributed by atoms with E-state index in [1.54, 1.807) is 0 Å². The minimum absolute atomic E-state index is 0.248. The van der Waals surface area contributed by atoms with Crippen LogP contribution >= 0.6 is 0 Å². The van der Waals surface area contributed by atoms with E-state index in [1.165, 1.54) is 6.92 Å². The monoisotopic (exact) mass is 170 g/mol. The number of rotatable bonds is 3. The molecule has 6 heteroatoms. The molecule has 62 valence electrons. The summed E-state index contributed by atoms with van der Waals surface area (Å²) >= 11 is 0. The van der Waals surface area contributed by atoms with Gasteiger partial charge >= 0.3 is 0 Å². The van der Waals surface area contributed by atoms with E-state index in [4.69, 9.17) is 14.8 Å². The third-order valence-electron chi connectivity index (χ3n) is 1.28. The molecule has 0 aromatic rings. The first kappa shape index (κ1) is 9.83. The second kappa shape index (κ2) is 2.83. The summed E-state index contributed by atoms with van der Waals surface area (Å²) in [6, 6.07) is 0. The van der Waals surface area contributed by atoms with Crippen LogP contribution in [0.3, 0.4) is 0 Å². The molecule has 0 aliphatic heterocycles. The molecule has 0 aromatic heterocycles. The first-order valence-corrected chi connectivity index (χ1v) is 4.11. The van der Waals surface area contributed by atoms with Gasteiger partial charge < -0.3 is 10.2 Å². The summed E-state index contributed by atoms with van der Waals surface area (Å²) in [6.45, 7) is 0.340. The van der Waals surface area contributed by atoms with Gasteiger partial charge in [0.1, 0.15) is 0 Å². The van der Waals surface area contributed by atoms with Crippen molar-refractivity contribution in [3.63, 3.8) is 0 Å². The van der Waals surface area contributed by atoms with Crippen LogP contribution in [-0.4, -0.2) is 34.7 Å². The molecule has 0 heterocycles. The predicted octanol–water partition coefficient (Wildman–Crippen LogP) is -1.03. The van der Waals surface area contributed by atoms with Crippen molar-refractivity contribution in [2.45, 2.75) is 18.3 Å². The fourth-order valence-electron chi connectivity index (χ4n) is 0.376. The first-order valence-electron chi connectivity index (χ1n) is 2.67. The van der Waals surface area contributed by atoms with Gasteiger partial charge in [-0.2, -0.15) is 8.42 Å². The summed E-state index contributed by atoms with van der Waals surface area (Å²) in [4.78, 5) is -2.40. The second-order valence-electron chi connectivity index (χ2n) is 1.93. The maximum absolute atomic E-state index is 10.3. The molecule has 1 unspecified atom stereocenters. The topological polar surface area (TPSA) is 94.8 Å². The van der Waals surface area contributed by atoms with Crippen molar-refractivity contribution in [1.29, 1.82) is 0 Å². The van der Waals surface area contributed by atoms with Gasteiger partial charge in [0, 0.05) is 0 Å². The van der Waals surface area contributed by atoms with Crippen molar-refractivity contribution in [2.24, 2.45) is 0 Å². The van der Waals surface area contributed by atoms with Gasteiger partial charge in [-0.1, -0.05) is 6.92 Å². The van der Waals surface area contributed by atoms with Gasteiger partial charge in [0.2, 0.25) is 4.93 Å². The van der Waals surface area contributed by atoms with Crippen LogP contribution in [-0.2, 0) is 10.1 Å². The molecule has 0 amide bonds. The van der Waals surface area contributed by atoms with Crippen molar-refractivity contribution in [2.75, 3.05) is 6.61 Å². The van der Waals surface area contributed by atoms with Crippen molar-refractivity contribution in [1.82, 2.24) is 0 Å². The highest BCUT2D eigenvalue weighted by atomic mass is 32.2. The third-order valence-corrected chi connectivity index (χ3v) is 2.66. The summed E-state index contributed by atoms with van der Waals surface area (Å²) in [5.41, 5.74) is 0. The molecule has 0 spiro atoms. The Labute approximate surface area is 59.1 Å². The molecule has 0 aliphatic carbocycles. The Morgan fingerprint density at radius 1 is 1.50 bits per heavy atom. The molecule has 3 N–H and O–H groups in total. The lowest BCUT2D eigenvalue weighted by atomic mass is 10.3. The van der Waals surface area contributed by atoms with Gasteiger partial charge in [-0.15, -0.1) is 0 Å². The first-order chi connectivity index (χ1) is 4.37. The van der Waals surface area contributed by atoms with Gasteiger partial charge in [-0.3, -0.25) is 4.55 Å². The van der Waals surface area contributed by atoms with E-state index < -0.39 is 21.7 Å². The zero-order chi connectivity index (χ0) is 8.41. The fraction of sp³-hybridized carbons (Fsp3) is 1.00. The SMILES string of the molecule is CCC(O)(CO)S(=O)(=O)O. The van der Waals surface area contributed by atoms with Gasteiger partial charge in [-0.05, 0) is 6.42 Å². The normalized spacial score (nSPS) is 18.4. The Bertz CT molecular complexity index is 190. The van der Waals surface area contributed by atoms with Crippen LogP contribution < -0.4 is 0 Å². The number of hydrogen-bond acceptors (Lipinski definition) is 4. The predicted molar refractivity (Wildman–Crippen MR) is 33.9 cm³/mol. The van der Waals surface area contributed by atoms with E-state index in [-0.39, 0.29) is 6.42 Å².